The lowest BCUT2D eigenvalue weighted by atomic mass is 10.2. The third-order valence-corrected chi connectivity index (χ3v) is 3.34. The number of hydrogen-bond donors (Lipinski definition) is 2. The quantitative estimate of drug-likeness (QED) is 0.348. The number of rotatable bonds is 8. The minimum absolute atomic E-state index is 0. The molecule has 0 atom stereocenters. The van der Waals surface area contributed by atoms with E-state index in [-0.39, 0.29) is 36.3 Å². The van der Waals surface area contributed by atoms with Gasteiger partial charge >= 0.3 is 6.61 Å². The van der Waals surface area contributed by atoms with Crippen molar-refractivity contribution >= 4 is 29.9 Å². The smallest absolute Gasteiger partial charge is 0.387 e. The number of ether oxygens (including phenoxy) is 1. The first kappa shape index (κ1) is 22.1. The van der Waals surface area contributed by atoms with Crippen molar-refractivity contribution in [3.05, 3.63) is 59.9 Å². The van der Waals surface area contributed by atoms with Crippen LogP contribution in [0.5, 0.6) is 5.75 Å². The molecule has 0 saturated heterocycles. The fourth-order valence-electron chi connectivity index (χ4n) is 2.21. The van der Waals surface area contributed by atoms with Crippen LogP contribution < -0.4 is 15.4 Å². The van der Waals surface area contributed by atoms with E-state index in [4.69, 9.17) is 0 Å². The zero-order valence-corrected chi connectivity index (χ0v) is 16.8. The van der Waals surface area contributed by atoms with E-state index in [0.717, 1.165) is 12.1 Å². The zero-order valence-electron chi connectivity index (χ0n) is 14.5. The van der Waals surface area contributed by atoms with Crippen LogP contribution in [0.2, 0.25) is 0 Å². The summed E-state index contributed by atoms with van der Waals surface area (Å²) < 4.78 is 29.4. The highest BCUT2D eigenvalue weighted by atomic mass is 127. The molecule has 1 aromatic carbocycles. The Morgan fingerprint density at radius 1 is 1.15 bits per heavy atom. The van der Waals surface area contributed by atoms with Crippen LogP contribution in [0.1, 0.15) is 18.2 Å². The maximum Gasteiger partial charge on any atom is 0.387 e. The van der Waals surface area contributed by atoms with Crippen molar-refractivity contribution in [2.45, 2.75) is 26.5 Å². The van der Waals surface area contributed by atoms with Gasteiger partial charge in [-0.15, -0.1) is 24.0 Å². The number of guanidine groups is 1. The number of para-hydroxylation sites is 1. The Morgan fingerprint density at radius 2 is 1.92 bits per heavy atom. The molecule has 0 spiro atoms. The fourth-order valence-corrected chi connectivity index (χ4v) is 2.21. The maximum absolute atomic E-state index is 12.5. The second-order valence-corrected chi connectivity index (χ2v) is 5.18. The number of nitrogens with zero attached hydrogens (tertiary/aromatic N) is 2. The predicted octanol–water partition coefficient (Wildman–Crippen LogP) is 3.60. The number of pyridine rings is 1. The molecule has 0 bridgehead atoms. The highest BCUT2D eigenvalue weighted by molar-refractivity contribution is 14.0. The lowest BCUT2D eigenvalue weighted by molar-refractivity contribution is -0.0504. The molecule has 2 aromatic rings. The van der Waals surface area contributed by atoms with Gasteiger partial charge in [0.2, 0.25) is 0 Å². The first-order valence-corrected chi connectivity index (χ1v) is 8.14. The standard InChI is InChI=1S/C18H22F2N4O.HI/c1-2-21-18(23-12-10-15-8-5-6-11-22-15)24-13-14-7-3-4-9-16(14)25-17(19)20;/h3-9,11,17H,2,10,12-13H2,1H3,(H2,21,23,24);1H. The largest absolute Gasteiger partial charge is 0.434 e. The molecule has 0 amide bonds. The van der Waals surface area contributed by atoms with Crippen molar-refractivity contribution in [1.29, 1.82) is 0 Å². The van der Waals surface area contributed by atoms with Gasteiger partial charge in [-0.05, 0) is 25.1 Å². The van der Waals surface area contributed by atoms with Gasteiger partial charge in [0.1, 0.15) is 5.75 Å². The minimum Gasteiger partial charge on any atom is -0.434 e. The number of nitrogens with one attached hydrogen (secondary N) is 2. The molecule has 142 valence electrons. The number of aromatic nitrogens is 1. The first-order chi connectivity index (χ1) is 12.2. The van der Waals surface area contributed by atoms with E-state index < -0.39 is 6.61 Å². The molecular formula is C18H23F2IN4O. The van der Waals surface area contributed by atoms with Gasteiger partial charge in [0.05, 0.1) is 6.54 Å². The van der Waals surface area contributed by atoms with E-state index in [9.17, 15) is 8.78 Å². The number of hydrogen-bond acceptors (Lipinski definition) is 3. The van der Waals surface area contributed by atoms with Crippen molar-refractivity contribution < 1.29 is 13.5 Å². The van der Waals surface area contributed by atoms with Crippen LogP contribution in [0.15, 0.2) is 53.7 Å². The van der Waals surface area contributed by atoms with Crippen LogP contribution in [0.3, 0.4) is 0 Å². The molecule has 26 heavy (non-hydrogen) atoms. The molecule has 0 aliphatic rings. The molecule has 1 heterocycles. The summed E-state index contributed by atoms with van der Waals surface area (Å²) in [4.78, 5) is 8.70. The Hall–Kier alpha value is -1.97. The third kappa shape index (κ3) is 7.94. The normalized spacial score (nSPS) is 11.0. The highest BCUT2D eigenvalue weighted by Gasteiger charge is 2.09. The lowest BCUT2D eigenvalue weighted by Crippen LogP contribution is -2.38. The van der Waals surface area contributed by atoms with Crippen LogP contribution >= 0.6 is 24.0 Å². The van der Waals surface area contributed by atoms with Gasteiger partial charge in [-0.2, -0.15) is 8.78 Å². The lowest BCUT2D eigenvalue weighted by Gasteiger charge is -2.12. The summed E-state index contributed by atoms with van der Waals surface area (Å²) in [6.07, 6.45) is 2.52. The summed E-state index contributed by atoms with van der Waals surface area (Å²) in [5.74, 6) is 0.760. The Balaban J connectivity index is 0.00000338. The minimum atomic E-state index is -2.85. The van der Waals surface area contributed by atoms with E-state index in [1.807, 2.05) is 25.1 Å². The Morgan fingerprint density at radius 3 is 2.62 bits per heavy atom. The topological polar surface area (TPSA) is 58.5 Å². The van der Waals surface area contributed by atoms with E-state index in [0.29, 0.717) is 24.6 Å². The van der Waals surface area contributed by atoms with E-state index in [1.54, 1.807) is 24.4 Å². The molecule has 0 aliphatic carbocycles. The average molecular weight is 476 g/mol. The summed E-state index contributed by atoms with van der Waals surface area (Å²) in [6, 6.07) is 12.4. The summed E-state index contributed by atoms with van der Waals surface area (Å²) in [6.45, 7) is 0.712. The molecule has 1 aromatic heterocycles. The molecule has 8 heteroatoms. The summed E-state index contributed by atoms with van der Waals surface area (Å²) in [7, 11) is 0. The molecule has 0 saturated carbocycles. The number of aliphatic imine (C=N–C) groups is 1. The maximum atomic E-state index is 12.5. The van der Waals surface area contributed by atoms with Crippen molar-refractivity contribution in [3.63, 3.8) is 0 Å². The summed E-state index contributed by atoms with van der Waals surface area (Å²) >= 11 is 0. The summed E-state index contributed by atoms with van der Waals surface area (Å²) in [5.41, 5.74) is 1.59. The Labute approximate surface area is 169 Å². The third-order valence-electron chi connectivity index (χ3n) is 3.34. The van der Waals surface area contributed by atoms with Crippen molar-refractivity contribution in [3.8, 4) is 5.75 Å². The van der Waals surface area contributed by atoms with Crippen molar-refractivity contribution in [2.24, 2.45) is 4.99 Å². The van der Waals surface area contributed by atoms with Crippen LogP contribution in [0, 0.1) is 0 Å². The van der Waals surface area contributed by atoms with Crippen LogP contribution in [0.25, 0.3) is 0 Å². The van der Waals surface area contributed by atoms with E-state index in [2.05, 4.69) is 25.3 Å². The highest BCUT2D eigenvalue weighted by Crippen LogP contribution is 2.20. The second kappa shape index (κ2) is 12.4. The first-order valence-electron chi connectivity index (χ1n) is 8.14. The molecule has 0 radical (unpaired) electrons. The van der Waals surface area contributed by atoms with E-state index in [1.165, 1.54) is 6.07 Å². The van der Waals surface area contributed by atoms with Crippen LogP contribution in [-0.4, -0.2) is 30.6 Å². The van der Waals surface area contributed by atoms with Gasteiger partial charge in [-0.25, -0.2) is 4.99 Å². The second-order valence-electron chi connectivity index (χ2n) is 5.18. The molecule has 2 rings (SSSR count). The predicted molar refractivity (Wildman–Crippen MR) is 109 cm³/mol. The number of benzene rings is 1. The van der Waals surface area contributed by atoms with Gasteiger partial charge in [0, 0.05) is 37.0 Å². The van der Waals surface area contributed by atoms with Gasteiger partial charge in [0.25, 0.3) is 0 Å². The van der Waals surface area contributed by atoms with Gasteiger partial charge < -0.3 is 15.4 Å². The molecule has 0 aliphatic heterocycles. The summed E-state index contributed by atoms with van der Waals surface area (Å²) in [5, 5.41) is 6.34. The average Bonchev–Trinajstić information content (AvgIpc) is 2.61. The number of alkyl halides is 2. The van der Waals surface area contributed by atoms with E-state index >= 15 is 0 Å². The monoisotopic (exact) mass is 476 g/mol. The Kier molecular flexibility index (Phi) is 10.5. The fraction of sp³-hybridized carbons (Fsp3) is 0.333. The Bertz CT molecular complexity index is 671. The molecule has 2 N–H and O–H groups in total. The SMILES string of the molecule is CCNC(=NCc1ccccc1OC(F)F)NCCc1ccccn1.I. The van der Waals surface area contributed by atoms with Gasteiger partial charge in [-0.1, -0.05) is 24.3 Å². The van der Waals surface area contributed by atoms with Gasteiger partial charge in [-0.3, -0.25) is 4.98 Å². The molecule has 0 unspecified atom stereocenters. The van der Waals surface area contributed by atoms with Crippen LogP contribution in [0.4, 0.5) is 8.78 Å². The van der Waals surface area contributed by atoms with Gasteiger partial charge in [0.15, 0.2) is 5.96 Å². The molecule has 5 nitrogen and oxygen atoms in total. The zero-order chi connectivity index (χ0) is 17.9. The van der Waals surface area contributed by atoms with Crippen LogP contribution in [-0.2, 0) is 13.0 Å². The van der Waals surface area contributed by atoms with Crippen molar-refractivity contribution in [1.82, 2.24) is 15.6 Å². The molecular weight excluding hydrogens is 453 g/mol. The molecule has 0 fully saturated rings. The number of halogens is 3. The van der Waals surface area contributed by atoms with Crippen molar-refractivity contribution in [2.75, 3.05) is 13.1 Å².